The Kier molecular flexibility index (Phi) is 3.26. The van der Waals surface area contributed by atoms with Crippen molar-refractivity contribution in [3.05, 3.63) is 53.1 Å². The maximum Gasteiger partial charge on any atom is 0.417 e. The van der Waals surface area contributed by atoms with Crippen molar-refractivity contribution in [1.29, 1.82) is 0 Å². The summed E-state index contributed by atoms with van der Waals surface area (Å²) in [6.45, 7) is 0. The van der Waals surface area contributed by atoms with Gasteiger partial charge >= 0.3 is 6.18 Å². The number of nitrogens with zero attached hydrogens (tertiary/aromatic N) is 1. The minimum absolute atomic E-state index is 0.220. The van der Waals surface area contributed by atoms with Gasteiger partial charge in [0.15, 0.2) is 11.0 Å². The third kappa shape index (κ3) is 2.31. The SMILES string of the molecule is Fc1c(-c2ccccc2C(F)(F)F)ccnc1Cl. The molecule has 1 aromatic carbocycles. The van der Waals surface area contributed by atoms with Crippen molar-refractivity contribution in [2.45, 2.75) is 6.18 Å². The van der Waals surface area contributed by atoms with E-state index in [1.54, 1.807) is 0 Å². The second kappa shape index (κ2) is 4.57. The Morgan fingerprint density at radius 2 is 1.67 bits per heavy atom. The minimum Gasteiger partial charge on any atom is -0.242 e. The lowest BCUT2D eigenvalue weighted by atomic mass is 10.00. The van der Waals surface area contributed by atoms with Crippen LogP contribution in [0.4, 0.5) is 17.6 Å². The fourth-order valence-electron chi connectivity index (χ4n) is 1.59. The average Bonchev–Trinajstić information content (AvgIpc) is 2.32. The molecule has 2 rings (SSSR count). The van der Waals surface area contributed by atoms with Crippen LogP contribution in [0.25, 0.3) is 11.1 Å². The van der Waals surface area contributed by atoms with Gasteiger partial charge in [-0.3, -0.25) is 0 Å². The fraction of sp³-hybridized carbons (Fsp3) is 0.0833. The molecule has 2 aromatic rings. The summed E-state index contributed by atoms with van der Waals surface area (Å²) in [4.78, 5) is 3.47. The van der Waals surface area contributed by atoms with Crippen LogP contribution in [0.2, 0.25) is 5.15 Å². The highest BCUT2D eigenvalue weighted by molar-refractivity contribution is 6.29. The van der Waals surface area contributed by atoms with E-state index in [9.17, 15) is 17.6 Å². The Bertz CT molecular complexity index is 581. The first-order chi connectivity index (χ1) is 8.41. The van der Waals surface area contributed by atoms with Crippen molar-refractivity contribution in [1.82, 2.24) is 4.98 Å². The summed E-state index contributed by atoms with van der Waals surface area (Å²) >= 11 is 5.46. The molecular formula is C12H6ClF4N. The minimum atomic E-state index is -4.56. The van der Waals surface area contributed by atoms with Gasteiger partial charge in [-0.2, -0.15) is 13.2 Å². The number of halogens is 5. The van der Waals surface area contributed by atoms with Crippen LogP contribution in [-0.4, -0.2) is 4.98 Å². The Balaban J connectivity index is 2.69. The van der Waals surface area contributed by atoms with Crippen LogP contribution in [0.15, 0.2) is 36.5 Å². The van der Waals surface area contributed by atoms with Gasteiger partial charge < -0.3 is 0 Å². The molecule has 0 fully saturated rings. The summed E-state index contributed by atoms with van der Waals surface area (Å²) in [6.07, 6.45) is -3.40. The molecule has 0 bridgehead atoms. The molecule has 0 saturated carbocycles. The second-order valence-corrected chi connectivity index (χ2v) is 3.86. The molecule has 0 saturated heterocycles. The van der Waals surface area contributed by atoms with Gasteiger partial charge in [0.25, 0.3) is 0 Å². The molecule has 18 heavy (non-hydrogen) atoms. The first kappa shape index (κ1) is 12.8. The molecule has 0 radical (unpaired) electrons. The van der Waals surface area contributed by atoms with E-state index in [0.717, 1.165) is 18.3 Å². The molecule has 0 unspecified atom stereocenters. The molecule has 0 aliphatic carbocycles. The maximum absolute atomic E-state index is 13.7. The zero-order chi connectivity index (χ0) is 13.3. The van der Waals surface area contributed by atoms with Gasteiger partial charge in [-0.25, -0.2) is 9.37 Å². The molecule has 94 valence electrons. The number of alkyl halides is 3. The van der Waals surface area contributed by atoms with Crippen molar-refractivity contribution in [2.24, 2.45) is 0 Å². The highest BCUT2D eigenvalue weighted by Crippen LogP contribution is 2.38. The second-order valence-electron chi connectivity index (χ2n) is 3.51. The van der Waals surface area contributed by atoms with Crippen molar-refractivity contribution in [3.63, 3.8) is 0 Å². The van der Waals surface area contributed by atoms with Crippen LogP contribution in [0.1, 0.15) is 5.56 Å². The smallest absolute Gasteiger partial charge is 0.242 e. The zero-order valence-electron chi connectivity index (χ0n) is 8.80. The summed E-state index contributed by atoms with van der Waals surface area (Å²) < 4.78 is 52.1. The topological polar surface area (TPSA) is 12.9 Å². The number of benzene rings is 1. The van der Waals surface area contributed by atoms with Gasteiger partial charge in [0.2, 0.25) is 0 Å². The molecule has 0 amide bonds. The molecule has 1 nitrogen and oxygen atoms in total. The first-order valence-corrected chi connectivity index (χ1v) is 5.25. The van der Waals surface area contributed by atoms with Gasteiger partial charge in [-0.1, -0.05) is 29.8 Å². The summed E-state index contributed by atoms with van der Waals surface area (Å²) in [5.74, 6) is -0.962. The van der Waals surface area contributed by atoms with Gasteiger partial charge in [0.05, 0.1) is 5.56 Å². The van der Waals surface area contributed by atoms with Crippen LogP contribution in [0.3, 0.4) is 0 Å². The van der Waals surface area contributed by atoms with E-state index in [1.165, 1.54) is 18.2 Å². The molecule has 0 N–H and O–H groups in total. The monoisotopic (exact) mass is 275 g/mol. The number of pyridine rings is 1. The Hall–Kier alpha value is -1.62. The van der Waals surface area contributed by atoms with Crippen LogP contribution < -0.4 is 0 Å². The summed E-state index contributed by atoms with van der Waals surface area (Å²) in [6, 6.07) is 5.89. The Labute approximate surface area is 105 Å². The molecular weight excluding hydrogens is 270 g/mol. The third-order valence-corrected chi connectivity index (χ3v) is 2.63. The van der Waals surface area contributed by atoms with Gasteiger partial charge in [0, 0.05) is 11.8 Å². The van der Waals surface area contributed by atoms with Crippen molar-refractivity contribution in [3.8, 4) is 11.1 Å². The number of hydrogen-bond acceptors (Lipinski definition) is 1. The number of hydrogen-bond donors (Lipinski definition) is 0. The third-order valence-electron chi connectivity index (χ3n) is 2.37. The largest absolute Gasteiger partial charge is 0.417 e. The summed E-state index contributed by atoms with van der Waals surface area (Å²) in [5.41, 5.74) is -1.39. The van der Waals surface area contributed by atoms with E-state index in [1.807, 2.05) is 0 Å². The van der Waals surface area contributed by atoms with Crippen molar-refractivity contribution in [2.75, 3.05) is 0 Å². The van der Waals surface area contributed by atoms with Crippen molar-refractivity contribution >= 4 is 11.6 Å². The lowest BCUT2D eigenvalue weighted by Gasteiger charge is -2.13. The van der Waals surface area contributed by atoms with Crippen molar-refractivity contribution < 1.29 is 17.6 Å². The van der Waals surface area contributed by atoms with E-state index >= 15 is 0 Å². The lowest BCUT2D eigenvalue weighted by molar-refractivity contribution is -0.137. The van der Waals surface area contributed by atoms with Crippen LogP contribution in [-0.2, 0) is 6.18 Å². The highest BCUT2D eigenvalue weighted by Gasteiger charge is 2.34. The van der Waals surface area contributed by atoms with E-state index in [4.69, 9.17) is 11.6 Å². The average molecular weight is 276 g/mol. The molecule has 1 aromatic heterocycles. The van der Waals surface area contributed by atoms with Gasteiger partial charge in [-0.15, -0.1) is 0 Å². The molecule has 0 atom stereocenters. The number of rotatable bonds is 1. The Morgan fingerprint density at radius 1 is 1.00 bits per heavy atom. The lowest BCUT2D eigenvalue weighted by Crippen LogP contribution is -2.07. The van der Waals surface area contributed by atoms with Gasteiger partial charge in [0.1, 0.15) is 0 Å². The van der Waals surface area contributed by atoms with Crippen LogP contribution >= 0.6 is 11.6 Å². The van der Waals surface area contributed by atoms with Crippen LogP contribution in [0, 0.1) is 5.82 Å². The highest BCUT2D eigenvalue weighted by atomic mass is 35.5. The standard InChI is InChI=1S/C12H6ClF4N/c13-11-10(14)8(5-6-18-11)7-3-1-2-4-9(7)12(15,16)17/h1-6H. The fourth-order valence-corrected chi connectivity index (χ4v) is 1.75. The summed E-state index contributed by atoms with van der Waals surface area (Å²) in [7, 11) is 0. The van der Waals surface area contributed by atoms with E-state index < -0.39 is 22.7 Å². The molecule has 1 heterocycles. The molecule has 6 heteroatoms. The zero-order valence-corrected chi connectivity index (χ0v) is 9.56. The predicted octanol–water partition coefficient (Wildman–Crippen LogP) is 4.56. The predicted molar refractivity (Wildman–Crippen MR) is 59.6 cm³/mol. The number of aromatic nitrogens is 1. The maximum atomic E-state index is 13.7. The Morgan fingerprint density at radius 3 is 2.33 bits per heavy atom. The summed E-state index contributed by atoms with van der Waals surface area (Å²) in [5, 5.41) is -0.454. The van der Waals surface area contributed by atoms with Gasteiger partial charge in [-0.05, 0) is 17.7 Å². The normalized spacial score (nSPS) is 11.6. The first-order valence-electron chi connectivity index (χ1n) is 4.88. The van der Waals surface area contributed by atoms with Crippen LogP contribution in [0.5, 0.6) is 0 Å². The molecule has 0 spiro atoms. The van der Waals surface area contributed by atoms with E-state index in [2.05, 4.69) is 4.98 Å². The van der Waals surface area contributed by atoms with E-state index in [0.29, 0.717) is 0 Å². The molecule has 0 aliphatic heterocycles. The quantitative estimate of drug-likeness (QED) is 0.549. The molecule has 0 aliphatic rings. The van der Waals surface area contributed by atoms with E-state index in [-0.39, 0.29) is 11.1 Å².